The Morgan fingerprint density at radius 2 is 2.00 bits per heavy atom. The first-order chi connectivity index (χ1) is 8.66. The number of hydrogen-bond donors (Lipinski definition) is 2. The molecule has 0 atom stereocenters. The standard InChI is InChI=1S/C10H8N6O2/c11-10-14-16(18)9-5-6(7-3-4-12-13-7)1-2-8(9)15(10)17/h1-5H,(H2,11,14)(H,12,13). The van der Waals surface area contributed by atoms with Crippen LogP contribution >= 0.6 is 0 Å². The molecule has 1 aromatic carbocycles. The van der Waals surface area contributed by atoms with E-state index in [1.807, 2.05) is 0 Å². The lowest BCUT2D eigenvalue weighted by Crippen LogP contribution is -2.44. The Morgan fingerprint density at radius 1 is 1.17 bits per heavy atom. The van der Waals surface area contributed by atoms with Gasteiger partial charge >= 0.3 is 5.95 Å². The van der Waals surface area contributed by atoms with Gasteiger partial charge in [0.15, 0.2) is 5.52 Å². The second-order valence-corrected chi connectivity index (χ2v) is 3.70. The van der Waals surface area contributed by atoms with E-state index in [0.29, 0.717) is 9.58 Å². The van der Waals surface area contributed by atoms with Crippen LogP contribution in [0.25, 0.3) is 22.3 Å². The van der Waals surface area contributed by atoms with Crippen molar-refractivity contribution in [3.05, 3.63) is 40.9 Å². The topological polar surface area (TPSA) is 121 Å². The van der Waals surface area contributed by atoms with Crippen molar-refractivity contribution in [3.63, 3.8) is 0 Å². The number of hydrogen-bond acceptors (Lipinski definition) is 5. The zero-order chi connectivity index (χ0) is 12.7. The van der Waals surface area contributed by atoms with E-state index in [1.165, 1.54) is 6.07 Å². The van der Waals surface area contributed by atoms with E-state index in [9.17, 15) is 10.4 Å². The number of nitrogens with zero attached hydrogens (tertiary/aromatic N) is 4. The highest BCUT2D eigenvalue weighted by molar-refractivity contribution is 5.76. The number of nitrogens with two attached hydrogens (primary N) is 1. The molecule has 0 saturated heterocycles. The highest BCUT2D eigenvalue weighted by Crippen LogP contribution is 2.19. The van der Waals surface area contributed by atoms with Crippen LogP contribution in [-0.4, -0.2) is 15.3 Å². The van der Waals surface area contributed by atoms with Crippen LogP contribution in [0.1, 0.15) is 0 Å². The minimum atomic E-state index is -0.383. The number of nitrogen functional groups attached to an aromatic ring is 1. The third-order valence-corrected chi connectivity index (χ3v) is 2.61. The van der Waals surface area contributed by atoms with Crippen LogP contribution in [0.3, 0.4) is 0 Å². The van der Waals surface area contributed by atoms with Crippen molar-refractivity contribution in [2.75, 3.05) is 5.73 Å². The molecule has 2 aromatic heterocycles. The molecule has 90 valence electrons. The van der Waals surface area contributed by atoms with Crippen LogP contribution in [0.4, 0.5) is 5.95 Å². The van der Waals surface area contributed by atoms with E-state index >= 15 is 0 Å². The molecular formula is C10H8N6O2. The first-order valence-electron chi connectivity index (χ1n) is 5.09. The molecule has 3 rings (SSSR count). The molecular weight excluding hydrogens is 236 g/mol. The average molecular weight is 244 g/mol. The molecule has 8 nitrogen and oxygen atoms in total. The van der Waals surface area contributed by atoms with Gasteiger partial charge in [-0.1, -0.05) is 0 Å². The van der Waals surface area contributed by atoms with Crippen molar-refractivity contribution < 1.29 is 9.58 Å². The van der Waals surface area contributed by atoms with E-state index in [0.717, 1.165) is 11.3 Å². The number of anilines is 1. The molecule has 0 saturated carbocycles. The highest BCUT2D eigenvalue weighted by atomic mass is 16.5. The molecule has 0 spiro atoms. The number of aromatic amines is 1. The third kappa shape index (κ3) is 1.39. The van der Waals surface area contributed by atoms with E-state index in [2.05, 4.69) is 15.3 Å². The van der Waals surface area contributed by atoms with Gasteiger partial charge in [-0.25, -0.2) is 4.73 Å². The second kappa shape index (κ2) is 3.55. The molecule has 2 heterocycles. The number of H-pyrrole nitrogens is 1. The molecule has 0 fully saturated rings. The summed E-state index contributed by atoms with van der Waals surface area (Å²) >= 11 is 0. The lowest BCUT2D eigenvalue weighted by molar-refractivity contribution is -0.671. The SMILES string of the molecule is Nc1n[n+]([O-])c2cc(-c3ccn[nH]3)ccc2[n+]1[O-]. The van der Waals surface area contributed by atoms with Crippen LogP contribution in [0.15, 0.2) is 30.5 Å². The predicted octanol–water partition coefficient (Wildman–Crippen LogP) is -0.526. The van der Waals surface area contributed by atoms with Crippen molar-refractivity contribution in [1.82, 2.24) is 15.3 Å². The van der Waals surface area contributed by atoms with E-state index in [1.54, 1.807) is 24.4 Å². The zero-order valence-electron chi connectivity index (χ0n) is 9.07. The monoisotopic (exact) mass is 244 g/mol. The third-order valence-electron chi connectivity index (χ3n) is 2.61. The quantitative estimate of drug-likeness (QED) is 0.440. The first kappa shape index (κ1) is 10.3. The summed E-state index contributed by atoms with van der Waals surface area (Å²) in [5, 5.41) is 33.2. The summed E-state index contributed by atoms with van der Waals surface area (Å²) in [5.74, 6) is -0.383. The van der Waals surface area contributed by atoms with Crippen LogP contribution in [-0.2, 0) is 0 Å². The minimum Gasteiger partial charge on any atom is -0.739 e. The Balaban J connectivity index is 2.31. The van der Waals surface area contributed by atoms with E-state index in [4.69, 9.17) is 5.73 Å². The van der Waals surface area contributed by atoms with Gasteiger partial charge in [-0.15, -0.1) is 0 Å². The van der Waals surface area contributed by atoms with Crippen molar-refractivity contribution >= 4 is 17.0 Å². The van der Waals surface area contributed by atoms with Gasteiger partial charge in [0.25, 0.3) is 5.52 Å². The van der Waals surface area contributed by atoms with Crippen LogP contribution in [0, 0.1) is 10.4 Å². The van der Waals surface area contributed by atoms with Gasteiger partial charge in [0.1, 0.15) is 0 Å². The van der Waals surface area contributed by atoms with Gasteiger partial charge in [-0.05, 0) is 18.2 Å². The number of benzene rings is 1. The molecule has 0 unspecified atom stereocenters. The largest absolute Gasteiger partial charge is 0.739 e. The highest BCUT2D eigenvalue weighted by Gasteiger charge is 2.17. The van der Waals surface area contributed by atoms with E-state index in [-0.39, 0.29) is 17.0 Å². The van der Waals surface area contributed by atoms with Crippen LogP contribution < -0.4 is 15.3 Å². The summed E-state index contributed by atoms with van der Waals surface area (Å²) in [4.78, 5) is 0.332. The fraction of sp³-hybridized carbons (Fsp3) is 0. The summed E-state index contributed by atoms with van der Waals surface area (Å²) < 4.78 is 0.417. The van der Waals surface area contributed by atoms with Crippen LogP contribution in [0.2, 0.25) is 0 Å². The van der Waals surface area contributed by atoms with Gasteiger partial charge in [0.2, 0.25) is 5.10 Å². The Hall–Kier alpha value is -2.90. The fourth-order valence-corrected chi connectivity index (χ4v) is 1.74. The van der Waals surface area contributed by atoms with Gasteiger partial charge in [-0.3, -0.25) is 10.8 Å². The number of aromatic nitrogens is 5. The Kier molecular flexibility index (Phi) is 2.03. The average Bonchev–Trinajstić information content (AvgIpc) is 2.89. The zero-order valence-corrected chi connectivity index (χ0v) is 9.07. The molecule has 8 heteroatoms. The molecule has 0 aliphatic carbocycles. The molecule has 0 radical (unpaired) electrons. The van der Waals surface area contributed by atoms with Crippen molar-refractivity contribution in [2.45, 2.75) is 0 Å². The maximum Gasteiger partial charge on any atom is 0.458 e. The number of nitrogens with one attached hydrogen (secondary N) is 1. The van der Waals surface area contributed by atoms with Gasteiger partial charge < -0.3 is 10.4 Å². The Morgan fingerprint density at radius 3 is 2.72 bits per heavy atom. The Bertz CT molecular complexity index is 725. The van der Waals surface area contributed by atoms with Crippen molar-refractivity contribution in [2.24, 2.45) is 0 Å². The maximum absolute atomic E-state index is 11.6. The smallest absolute Gasteiger partial charge is 0.458 e. The van der Waals surface area contributed by atoms with E-state index < -0.39 is 0 Å². The first-order valence-corrected chi connectivity index (χ1v) is 5.09. The normalized spacial score (nSPS) is 10.9. The molecule has 0 aliphatic heterocycles. The van der Waals surface area contributed by atoms with Crippen LogP contribution in [0.5, 0.6) is 0 Å². The Labute approximate surface area is 100 Å². The predicted molar refractivity (Wildman–Crippen MR) is 61.7 cm³/mol. The summed E-state index contributed by atoms with van der Waals surface area (Å²) in [7, 11) is 0. The molecule has 18 heavy (non-hydrogen) atoms. The summed E-state index contributed by atoms with van der Waals surface area (Å²) in [6, 6.07) is 6.53. The molecule has 3 aromatic rings. The van der Waals surface area contributed by atoms with Gasteiger partial charge in [0, 0.05) is 22.7 Å². The van der Waals surface area contributed by atoms with Gasteiger partial charge in [0.05, 0.1) is 5.69 Å². The lowest BCUT2D eigenvalue weighted by atomic mass is 10.1. The summed E-state index contributed by atoms with van der Waals surface area (Å²) in [6.07, 6.45) is 1.60. The second-order valence-electron chi connectivity index (χ2n) is 3.70. The molecule has 0 bridgehead atoms. The summed E-state index contributed by atoms with van der Waals surface area (Å²) in [5.41, 5.74) is 7.11. The molecule has 0 amide bonds. The number of fused-ring (bicyclic) bond motifs is 1. The van der Waals surface area contributed by atoms with Crippen molar-refractivity contribution in [1.29, 1.82) is 0 Å². The molecule has 3 N–H and O–H groups in total. The number of rotatable bonds is 1. The molecule has 0 aliphatic rings. The van der Waals surface area contributed by atoms with Gasteiger partial charge in [-0.2, -0.15) is 5.10 Å². The maximum atomic E-state index is 11.6. The summed E-state index contributed by atoms with van der Waals surface area (Å²) in [6.45, 7) is 0. The lowest BCUT2D eigenvalue weighted by Gasteiger charge is -2.07. The fourth-order valence-electron chi connectivity index (χ4n) is 1.74. The minimum absolute atomic E-state index is 0.145. The van der Waals surface area contributed by atoms with Crippen molar-refractivity contribution in [3.8, 4) is 11.3 Å².